The van der Waals surface area contributed by atoms with Crippen molar-refractivity contribution in [2.45, 2.75) is 26.3 Å². The molecule has 1 N–H and O–H groups in total. The zero-order valence-corrected chi connectivity index (χ0v) is 15.4. The number of ether oxygens (including phenoxy) is 2. The molecule has 26 heavy (non-hydrogen) atoms. The molecule has 2 aromatic rings. The summed E-state index contributed by atoms with van der Waals surface area (Å²) in [5.41, 5.74) is 1.92. The van der Waals surface area contributed by atoms with Crippen LogP contribution in [0.25, 0.3) is 11.1 Å². The van der Waals surface area contributed by atoms with Gasteiger partial charge in [0.25, 0.3) is 5.91 Å². The molecule has 0 unspecified atom stereocenters. The first-order chi connectivity index (χ1) is 12.6. The fraction of sp³-hybridized carbons (Fsp3) is 0.333. The Labute approximate surface area is 154 Å². The van der Waals surface area contributed by atoms with Gasteiger partial charge < -0.3 is 14.8 Å². The number of nitrogens with one attached hydrogen (secondary N) is 1. The fourth-order valence-electron chi connectivity index (χ4n) is 2.60. The quantitative estimate of drug-likeness (QED) is 0.737. The predicted octanol–water partition coefficient (Wildman–Crippen LogP) is 3.44. The third kappa shape index (κ3) is 5.09. The lowest BCUT2D eigenvalue weighted by atomic mass is 9.99. The molecule has 0 heterocycles. The molecule has 0 aliphatic carbocycles. The van der Waals surface area contributed by atoms with Gasteiger partial charge in [-0.1, -0.05) is 68.8 Å². The van der Waals surface area contributed by atoms with Gasteiger partial charge in [0.1, 0.15) is 11.8 Å². The van der Waals surface area contributed by atoms with Crippen LogP contribution >= 0.6 is 0 Å². The summed E-state index contributed by atoms with van der Waals surface area (Å²) in [6.45, 7) is 3.68. The third-order valence-corrected chi connectivity index (χ3v) is 4.32. The Bertz CT molecular complexity index is 730. The Balaban J connectivity index is 2.05. The Morgan fingerprint density at radius 3 is 2.35 bits per heavy atom. The second kappa shape index (κ2) is 9.61. The van der Waals surface area contributed by atoms with Gasteiger partial charge >= 0.3 is 5.97 Å². The lowest BCUT2D eigenvalue weighted by Gasteiger charge is -2.22. The van der Waals surface area contributed by atoms with E-state index >= 15 is 0 Å². The zero-order chi connectivity index (χ0) is 18.9. The molecular weight excluding hydrogens is 330 g/mol. The molecule has 5 nitrogen and oxygen atoms in total. The van der Waals surface area contributed by atoms with Crippen molar-refractivity contribution in [3.63, 3.8) is 0 Å². The van der Waals surface area contributed by atoms with Crippen LogP contribution in [0.4, 0.5) is 0 Å². The third-order valence-electron chi connectivity index (χ3n) is 4.32. The molecule has 0 spiro atoms. The van der Waals surface area contributed by atoms with Gasteiger partial charge in [-0.15, -0.1) is 0 Å². The van der Waals surface area contributed by atoms with Crippen LogP contribution in [-0.4, -0.2) is 31.6 Å². The fourth-order valence-corrected chi connectivity index (χ4v) is 2.60. The molecule has 0 aromatic heterocycles. The van der Waals surface area contributed by atoms with Crippen molar-refractivity contribution >= 4 is 11.9 Å². The van der Waals surface area contributed by atoms with Gasteiger partial charge in [-0.3, -0.25) is 4.79 Å². The molecular formula is C21H25NO4. The Morgan fingerprint density at radius 1 is 1.04 bits per heavy atom. The molecule has 0 saturated carbocycles. The van der Waals surface area contributed by atoms with Gasteiger partial charge in [-0.05, 0) is 17.5 Å². The molecule has 138 valence electrons. The van der Waals surface area contributed by atoms with Crippen molar-refractivity contribution in [2.24, 2.45) is 5.92 Å². The minimum atomic E-state index is -0.675. The van der Waals surface area contributed by atoms with Crippen LogP contribution < -0.4 is 10.1 Å². The number of carbonyl (C=O) groups is 2. The second-order valence-electron chi connectivity index (χ2n) is 6.10. The molecule has 0 fully saturated rings. The van der Waals surface area contributed by atoms with Crippen molar-refractivity contribution in [1.82, 2.24) is 5.32 Å². The number of hydrogen-bond donors (Lipinski definition) is 1. The van der Waals surface area contributed by atoms with Crippen LogP contribution in [-0.2, 0) is 14.3 Å². The highest BCUT2D eigenvalue weighted by Crippen LogP contribution is 2.29. The zero-order valence-electron chi connectivity index (χ0n) is 15.4. The highest BCUT2D eigenvalue weighted by molar-refractivity contribution is 5.85. The molecule has 1 amide bonds. The van der Waals surface area contributed by atoms with E-state index in [1.165, 1.54) is 7.11 Å². The standard InChI is InChI=1S/C21H25NO4/c1-4-15(2)20(21(24)25-3)22-19(23)14-26-18-13-9-8-12-17(18)16-10-6-5-7-11-16/h5-13,15,20H,4,14H2,1-3H3,(H,22,23)/t15-,20+/m1/s1. The summed E-state index contributed by atoms with van der Waals surface area (Å²) in [6.07, 6.45) is 0.748. The smallest absolute Gasteiger partial charge is 0.328 e. The Morgan fingerprint density at radius 2 is 1.69 bits per heavy atom. The Kier molecular flexibility index (Phi) is 7.21. The van der Waals surface area contributed by atoms with Gasteiger partial charge in [0.05, 0.1) is 7.11 Å². The average Bonchev–Trinajstić information content (AvgIpc) is 2.70. The maximum absolute atomic E-state index is 12.3. The van der Waals surface area contributed by atoms with Gasteiger partial charge in [0.2, 0.25) is 0 Å². The van der Waals surface area contributed by atoms with Gasteiger partial charge in [-0.2, -0.15) is 0 Å². The maximum atomic E-state index is 12.3. The van der Waals surface area contributed by atoms with E-state index in [0.29, 0.717) is 5.75 Å². The molecule has 2 rings (SSSR count). The van der Waals surface area contributed by atoms with E-state index in [-0.39, 0.29) is 18.4 Å². The molecule has 0 aliphatic rings. The number of para-hydroxylation sites is 1. The van der Waals surface area contributed by atoms with E-state index in [4.69, 9.17) is 9.47 Å². The lowest BCUT2D eigenvalue weighted by molar-refractivity contribution is -0.146. The molecule has 2 atom stereocenters. The van der Waals surface area contributed by atoms with E-state index in [0.717, 1.165) is 17.5 Å². The van der Waals surface area contributed by atoms with Gasteiger partial charge in [-0.25, -0.2) is 4.79 Å². The van der Waals surface area contributed by atoms with E-state index in [1.807, 2.05) is 68.4 Å². The van der Waals surface area contributed by atoms with Crippen LogP contribution in [0.15, 0.2) is 54.6 Å². The first kappa shape index (κ1) is 19.5. The molecule has 2 aromatic carbocycles. The van der Waals surface area contributed by atoms with E-state index < -0.39 is 12.0 Å². The molecule has 0 radical (unpaired) electrons. The SMILES string of the molecule is CC[C@@H](C)[C@H](NC(=O)COc1ccccc1-c1ccccc1)C(=O)OC. The molecule has 5 heteroatoms. The summed E-state index contributed by atoms with van der Waals surface area (Å²) in [5.74, 6) is -0.212. The van der Waals surface area contributed by atoms with Gasteiger partial charge in [0, 0.05) is 5.56 Å². The number of carbonyl (C=O) groups excluding carboxylic acids is 2. The lowest BCUT2D eigenvalue weighted by Crippen LogP contribution is -2.47. The maximum Gasteiger partial charge on any atom is 0.328 e. The number of amides is 1. The van der Waals surface area contributed by atoms with Crippen LogP contribution in [0.1, 0.15) is 20.3 Å². The van der Waals surface area contributed by atoms with Crippen LogP contribution in [0.5, 0.6) is 5.75 Å². The van der Waals surface area contributed by atoms with Crippen molar-refractivity contribution in [1.29, 1.82) is 0 Å². The van der Waals surface area contributed by atoms with Crippen molar-refractivity contribution in [2.75, 3.05) is 13.7 Å². The summed E-state index contributed by atoms with van der Waals surface area (Å²) in [5, 5.41) is 2.71. The number of hydrogen-bond acceptors (Lipinski definition) is 4. The molecule has 0 bridgehead atoms. The normalized spacial score (nSPS) is 12.7. The summed E-state index contributed by atoms with van der Waals surface area (Å²) < 4.78 is 10.5. The summed E-state index contributed by atoms with van der Waals surface area (Å²) in [4.78, 5) is 24.2. The Hall–Kier alpha value is -2.82. The summed E-state index contributed by atoms with van der Waals surface area (Å²) in [6, 6.07) is 16.7. The number of esters is 1. The first-order valence-corrected chi connectivity index (χ1v) is 8.71. The topological polar surface area (TPSA) is 64.6 Å². The average molecular weight is 355 g/mol. The number of methoxy groups -OCH3 is 1. The molecule has 0 aliphatic heterocycles. The van der Waals surface area contributed by atoms with E-state index in [2.05, 4.69) is 5.32 Å². The highest BCUT2D eigenvalue weighted by Gasteiger charge is 2.26. The van der Waals surface area contributed by atoms with Crippen molar-refractivity contribution < 1.29 is 19.1 Å². The predicted molar refractivity (Wildman–Crippen MR) is 101 cm³/mol. The second-order valence-corrected chi connectivity index (χ2v) is 6.10. The minimum absolute atomic E-state index is 0.0250. The monoisotopic (exact) mass is 355 g/mol. The van der Waals surface area contributed by atoms with Crippen molar-refractivity contribution in [3.05, 3.63) is 54.6 Å². The van der Waals surface area contributed by atoms with Crippen LogP contribution in [0.3, 0.4) is 0 Å². The first-order valence-electron chi connectivity index (χ1n) is 8.71. The van der Waals surface area contributed by atoms with Gasteiger partial charge in [0.15, 0.2) is 6.61 Å². The minimum Gasteiger partial charge on any atom is -0.483 e. The number of benzene rings is 2. The highest BCUT2D eigenvalue weighted by atomic mass is 16.5. The molecule has 0 saturated heterocycles. The largest absolute Gasteiger partial charge is 0.483 e. The van der Waals surface area contributed by atoms with E-state index in [9.17, 15) is 9.59 Å². The number of rotatable bonds is 8. The van der Waals surface area contributed by atoms with E-state index in [1.54, 1.807) is 0 Å². The van der Waals surface area contributed by atoms with Crippen molar-refractivity contribution in [3.8, 4) is 16.9 Å². The van der Waals surface area contributed by atoms with Crippen LogP contribution in [0, 0.1) is 5.92 Å². The summed E-state index contributed by atoms with van der Waals surface area (Å²) >= 11 is 0. The summed E-state index contributed by atoms with van der Waals surface area (Å²) in [7, 11) is 1.32. The van der Waals surface area contributed by atoms with Crippen LogP contribution in [0.2, 0.25) is 0 Å².